The van der Waals surface area contributed by atoms with Crippen molar-refractivity contribution in [1.29, 1.82) is 0 Å². The molecule has 4 heteroatoms. The molecule has 0 aliphatic heterocycles. The lowest BCUT2D eigenvalue weighted by Gasteiger charge is -2.22. The minimum atomic E-state index is 0.153. The van der Waals surface area contributed by atoms with E-state index in [4.69, 9.17) is 4.42 Å². The average molecular weight is 342 g/mol. The second-order valence-electron chi connectivity index (χ2n) is 6.48. The second kappa shape index (κ2) is 10.7. The zero-order valence-electron chi connectivity index (χ0n) is 15.5. The van der Waals surface area contributed by atoms with E-state index in [-0.39, 0.29) is 5.91 Å². The van der Waals surface area contributed by atoms with E-state index in [1.165, 1.54) is 25.7 Å². The van der Waals surface area contributed by atoms with Gasteiger partial charge in [-0.2, -0.15) is 0 Å². The summed E-state index contributed by atoms with van der Waals surface area (Å²) in [4.78, 5) is 19.2. The van der Waals surface area contributed by atoms with Gasteiger partial charge in [0, 0.05) is 18.7 Å². The number of rotatable bonds is 11. The molecule has 4 nitrogen and oxygen atoms in total. The molecule has 25 heavy (non-hydrogen) atoms. The van der Waals surface area contributed by atoms with Crippen LogP contribution >= 0.6 is 0 Å². The van der Waals surface area contributed by atoms with Crippen molar-refractivity contribution in [1.82, 2.24) is 9.88 Å². The molecule has 0 aliphatic rings. The molecule has 0 aliphatic carbocycles. The van der Waals surface area contributed by atoms with Crippen molar-refractivity contribution in [2.45, 2.75) is 58.8 Å². The van der Waals surface area contributed by atoms with Crippen LogP contribution in [0.1, 0.15) is 58.1 Å². The largest absolute Gasteiger partial charge is 0.444 e. The smallest absolute Gasteiger partial charge is 0.228 e. The molecule has 0 spiro atoms. The second-order valence-corrected chi connectivity index (χ2v) is 6.48. The third-order valence-corrected chi connectivity index (χ3v) is 4.32. The van der Waals surface area contributed by atoms with Crippen LogP contribution in [0.5, 0.6) is 0 Å². The quantitative estimate of drug-likeness (QED) is 0.534. The van der Waals surface area contributed by atoms with Crippen LogP contribution < -0.4 is 0 Å². The summed E-state index contributed by atoms with van der Waals surface area (Å²) in [6.45, 7) is 6.06. The van der Waals surface area contributed by atoms with E-state index in [0.29, 0.717) is 18.0 Å². The SMILES string of the molecule is CCCCCN(CCCCC)C(=O)Cc1coc(-c2ccccc2)n1. The van der Waals surface area contributed by atoms with Crippen LogP contribution in [0.3, 0.4) is 0 Å². The summed E-state index contributed by atoms with van der Waals surface area (Å²) in [6.07, 6.45) is 8.73. The predicted octanol–water partition coefficient (Wildman–Crippen LogP) is 5.09. The number of hydrogen-bond acceptors (Lipinski definition) is 3. The van der Waals surface area contributed by atoms with E-state index in [1.807, 2.05) is 35.2 Å². The van der Waals surface area contributed by atoms with Gasteiger partial charge in [-0.05, 0) is 25.0 Å². The van der Waals surface area contributed by atoms with Crippen molar-refractivity contribution >= 4 is 5.91 Å². The Labute approximate surface area is 151 Å². The number of hydrogen-bond donors (Lipinski definition) is 0. The van der Waals surface area contributed by atoms with E-state index < -0.39 is 0 Å². The van der Waals surface area contributed by atoms with Crippen LogP contribution in [-0.2, 0) is 11.2 Å². The first-order valence-corrected chi connectivity index (χ1v) is 9.52. The van der Waals surface area contributed by atoms with E-state index in [9.17, 15) is 4.79 Å². The highest BCUT2D eigenvalue weighted by atomic mass is 16.3. The van der Waals surface area contributed by atoms with Crippen molar-refractivity contribution in [2.24, 2.45) is 0 Å². The lowest BCUT2D eigenvalue weighted by atomic mass is 10.2. The number of aromatic nitrogens is 1. The number of carbonyl (C=O) groups excluding carboxylic acids is 1. The number of oxazole rings is 1. The summed E-state index contributed by atoms with van der Waals surface area (Å²) < 4.78 is 5.55. The Morgan fingerprint density at radius 3 is 2.24 bits per heavy atom. The zero-order valence-corrected chi connectivity index (χ0v) is 15.5. The Bertz CT molecular complexity index is 612. The monoisotopic (exact) mass is 342 g/mol. The first-order valence-electron chi connectivity index (χ1n) is 9.52. The summed E-state index contributed by atoms with van der Waals surface area (Å²) in [6, 6.07) is 9.78. The van der Waals surface area contributed by atoms with Crippen molar-refractivity contribution in [3.8, 4) is 11.5 Å². The van der Waals surface area contributed by atoms with Gasteiger partial charge >= 0.3 is 0 Å². The lowest BCUT2D eigenvalue weighted by molar-refractivity contribution is -0.130. The van der Waals surface area contributed by atoms with E-state index >= 15 is 0 Å². The summed E-state index contributed by atoms with van der Waals surface area (Å²) in [5.41, 5.74) is 1.64. The molecular weight excluding hydrogens is 312 g/mol. The van der Waals surface area contributed by atoms with Crippen LogP contribution in [0.4, 0.5) is 0 Å². The maximum absolute atomic E-state index is 12.7. The van der Waals surface area contributed by atoms with Gasteiger partial charge in [-0.1, -0.05) is 57.7 Å². The fraction of sp³-hybridized carbons (Fsp3) is 0.524. The fourth-order valence-electron chi connectivity index (χ4n) is 2.83. The molecule has 1 amide bonds. The Hall–Kier alpha value is -2.10. The van der Waals surface area contributed by atoms with Gasteiger partial charge in [-0.15, -0.1) is 0 Å². The summed E-state index contributed by atoms with van der Waals surface area (Å²) in [7, 11) is 0. The molecular formula is C21H30N2O2. The molecule has 1 aromatic heterocycles. The molecule has 0 saturated carbocycles. The molecule has 0 N–H and O–H groups in total. The third kappa shape index (κ3) is 6.37. The van der Waals surface area contributed by atoms with E-state index in [1.54, 1.807) is 6.26 Å². The molecule has 136 valence electrons. The molecule has 1 aromatic carbocycles. The van der Waals surface area contributed by atoms with E-state index in [0.717, 1.165) is 31.5 Å². The maximum Gasteiger partial charge on any atom is 0.228 e. The van der Waals surface area contributed by atoms with Crippen molar-refractivity contribution in [3.05, 3.63) is 42.3 Å². The predicted molar refractivity (Wildman–Crippen MR) is 101 cm³/mol. The highest BCUT2D eigenvalue weighted by Gasteiger charge is 2.16. The molecule has 2 rings (SSSR count). The number of benzene rings is 1. The number of carbonyl (C=O) groups is 1. The average Bonchev–Trinajstić information content (AvgIpc) is 3.10. The number of amides is 1. The lowest BCUT2D eigenvalue weighted by Crippen LogP contribution is -2.34. The molecule has 1 heterocycles. The first-order chi connectivity index (χ1) is 12.2. The topological polar surface area (TPSA) is 46.3 Å². The van der Waals surface area contributed by atoms with Gasteiger partial charge in [0.15, 0.2) is 0 Å². The van der Waals surface area contributed by atoms with Gasteiger partial charge in [0.25, 0.3) is 0 Å². The summed E-state index contributed by atoms with van der Waals surface area (Å²) in [5, 5.41) is 0. The molecule has 2 aromatic rings. The van der Waals surface area contributed by atoms with Gasteiger partial charge in [-0.3, -0.25) is 4.79 Å². The fourth-order valence-corrected chi connectivity index (χ4v) is 2.83. The van der Waals surface area contributed by atoms with E-state index in [2.05, 4.69) is 18.8 Å². The van der Waals surface area contributed by atoms with Gasteiger partial charge in [-0.25, -0.2) is 4.98 Å². The van der Waals surface area contributed by atoms with Gasteiger partial charge in [0.1, 0.15) is 6.26 Å². The Kier molecular flexibility index (Phi) is 8.23. The molecule has 0 radical (unpaired) electrons. The highest BCUT2D eigenvalue weighted by Crippen LogP contribution is 2.18. The minimum Gasteiger partial charge on any atom is -0.444 e. The van der Waals surface area contributed by atoms with Crippen LogP contribution in [0.2, 0.25) is 0 Å². The Morgan fingerprint density at radius 2 is 1.64 bits per heavy atom. The standard InChI is InChI=1S/C21H30N2O2/c1-3-5-10-14-23(15-11-6-4-2)20(24)16-19-17-25-21(22-19)18-12-8-7-9-13-18/h7-9,12-13,17H,3-6,10-11,14-16H2,1-2H3. The molecule has 0 bridgehead atoms. The van der Waals surface area contributed by atoms with Gasteiger partial charge < -0.3 is 9.32 Å². The minimum absolute atomic E-state index is 0.153. The highest BCUT2D eigenvalue weighted by molar-refractivity contribution is 5.78. The molecule has 0 unspecified atom stereocenters. The van der Waals surface area contributed by atoms with Crippen molar-refractivity contribution in [3.63, 3.8) is 0 Å². The van der Waals surface area contributed by atoms with Gasteiger partial charge in [0.05, 0.1) is 12.1 Å². The third-order valence-electron chi connectivity index (χ3n) is 4.32. The van der Waals surface area contributed by atoms with Gasteiger partial charge in [0.2, 0.25) is 11.8 Å². The number of nitrogens with zero attached hydrogens (tertiary/aromatic N) is 2. The van der Waals surface area contributed by atoms with Crippen molar-refractivity contribution < 1.29 is 9.21 Å². The normalized spacial score (nSPS) is 10.8. The van der Waals surface area contributed by atoms with Crippen LogP contribution in [0.15, 0.2) is 41.0 Å². The van der Waals surface area contributed by atoms with Crippen LogP contribution in [0.25, 0.3) is 11.5 Å². The van der Waals surface area contributed by atoms with Crippen LogP contribution in [0, 0.1) is 0 Å². The molecule has 0 saturated heterocycles. The molecule has 0 atom stereocenters. The Morgan fingerprint density at radius 1 is 1.00 bits per heavy atom. The summed E-state index contributed by atoms with van der Waals surface area (Å²) >= 11 is 0. The van der Waals surface area contributed by atoms with Crippen LogP contribution in [-0.4, -0.2) is 28.9 Å². The van der Waals surface area contributed by atoms with Crippen molar-refractivity contribution in [2.75, 3.05) is 13.1 Å². The maximum atomic E-state index is 12.7. The number of unbranched alkanes of at least 4 members (excludes halogenated alkanes) is 4. The molecule has 0 fully saturated rings. The Balaban J connectivity index is 1.95. The summed E-state index contributed by atoms with van der Waals surface area (Å²) in [5.74, 6) is 0.729. The zero-order chi connectivity index (χ0) is 17.9. The first kappa shape index (κ1) is 19.2.